The second kappa shape index (κ2) is 13.1. The van der Waals surface area contributed by atoms with Crippen LogP contribution in [0.5, 0.6) is 0 Å². The molecule has 0 amide bonds. The third kappa shape index (κ3) is 6.74. The minimum Gasteiger partial charge on any atom is -0.260 e. The van der Waals surface area contributed by atoms with E-state index in [1.165, 1.54) is 64.8 Å². The summed E-state index contributed by atoms with van der Waals surface area (Å²) in [6.07, 6.45) is 23.5. The van der Waals surface area contributed by atoms with Gasteiger partial charge in [-0.1, -0.05) is 98.7 Å². The number of hydrogen-bond acceptors (Lipinski definition) is 1. The summed E-state index contributed by atoms with van der Waals surface area (Å²) in [6, 6.07) is 22.3. The van der Waals surface area contributed by atoms with Gasteiger partial charge >= 0.3 is 0 Å². The Hall–Kier alpha value is -3.63. The fourth-order valence-corrected chi connectivity index (χ4v) is 6.81. The smallest absolute Gasteiger partial charge is 0.0427 e. The summed E-state index contributed by atoms with van der Waals surface area (Å²) in [5.74, 6) is 4.93. The first-order valence-electron chi connectivity index (χ1n) is 15.2. The van der Waals surface area contributed by atoms with Gasteiger partial charge in [0.25, 0.3) is 0 Å². The fraction of sp³-hybridized carbons (Fsp3) is 0.359. The Morgan fingerprint density at radius 2 is 1.85 bits per heavy atom. The molecule has 0 N–H and O–H groups in total. The van der Waals surface area contributed by atoms with Crippen LogP contribution in [0, 0.1) is 30.1 Å². The molecule has 0 spiro atoms. The predicted octanol–water partition coefficient (Wildman–Crippen LogP) is 9.54. The molecule has 0 bridgehead atoms. The summed E-state index contributed by atoms with van der Waals surface area (Å²) in [5.41, 5.74) is 10.5. The monoisotopic (exact) mass is 525 g/mol. The normalized spacial score (nSPS) is 21.0. The van der Waals surface area contributed by atoms with Gasteiger partial charge < -0.3 is 0 Å². The van der Waals surface area contributed by atoms with Crippen LogP contribution in [-0.2, 0) is 19.3 Å². The first-order valence-corrected chi connectivity index (χ1v) is 15.2. The predicted molar refractivity (Wildman–Crippen MR) is 170 cm³/mol. The van der Waals surface area contributed by atoms with Gasteiger partial charge in [-0.3, -0.25) is 4.98 Å². The highest BCUT2D eigenvalue weighted by atomic mass is 14.7. The molecule has 204 valence electrons. The van der Waals surface area contributed by atoms with Crippen molar-refractivity contribution in [3.63, 3.8) is 0 Å². The van der Waals surface area contributed by atoms with E-state index in [2.05, 4.69) is 97.6 Å². The zero-order valence-corrected chi connectivity index (χ0v) is 24.3. The average Bonchev–Trinajstić information content (AvgIpc) is 3.43. The van der Waals surface area contributed by atoms with Gasteiger partial charge in [-0.25, -0.2) is 0 Å². The molecule has 1 heterocycles. The van der Waals surface area contributed by atoms with Gasteiger partial charge in [-0.15, -0.1) is 6.42 Å². The Morgan fingerprint density at radius 3 is 2.50 bits per heavy atom. The molecule has 2 aromatic carbocycles. The maximum atomic E-state index is 5.52. The van der Waals surface area contributed by atoms with Crippen molar-refractivity contribution in [3.8, 4) is 12.3 Å². The molecule has 0 saturated heterocycles. The van der Waals surface area contributed by atoms with Gasteiger partial charge in [-0.2, -0.15) is 0 Å². The highest BCUT2D eigenvalue weighted by molar-refractivity contribution is 5.79. The molecule has 1 fully saturated rings. The molecule has 2 unspecified atom stereocenters. The minimum absolute atomic E-state index is 0.407. The maximum Gasteiger partial charge on any atom is 0.0427 e. The Kier molecular flexibility index (Phi) is 9.18. The fourth-order valence-electron chi connectivity index (χ4n) is 6.81. The second-order valence-corrected chi connectivity index (χ2v) is 11.9. The van der Waals surface area contributed by atoms with E-state index in [4.69, 9.17) is 13.0 Å². The Labute approximate surface area is 242 Å². The molecule has 5 rings (SSSR count). The summed E-state index contributed by atoms with van der Waals surface area (Å²) in [4.78, 5) is 4.63. The van der Waals surface area contributed by atoms with Crippen LogP contribution in [0.25, 0.3) is 5.57 Å². The SMILES string of the molecule is C#Cc1ccc(CC2CCC(C(C(=C)CCc3ccccc3)c3ccc(C4=CC(C)C=C4)c(CC)c3)CC2)nc1. The number of hydrogen-bond donors (Lipinski definition) is 0. The van der Waals surface area contributed by atoms with Crippen LogP contribution in [0.2, 0.25) is 0 Å². The topological polar surface area (TPSA) is 12.9 Å². The molecule has 1 heteroatoms. The lowest BCUT2D eigenvalue weighted by molar-refractivity contribution is 0.251. The van der Waals surface area contributed by atoms with Crippen LogP contribution in [0.15, 0.2) is 97.2 Å². The van der Waals surface area contributed by atoms with Gasteiger partial charge in [0, 0.05) is 23.4 Å². The number of aryl methyl sites for hydroxylation is 2. The Bertz CT molecular complexity index is 1390. The van der Waals surface area contributed by atoms with Crippen molar-refractivity contribution in [2.45, 2.75) is 71.1 Å². The molecule has 3 aromatic rings. The van der Waals surface area contributed by atoms with Crippen molar-refractivity contribution in [1.29, 1.82) is 0 Å². The zero-order chi connectivity index (χ0) is 27.9. The summed E-state index contributed by atoms with van der Waals surface area (Å²) >= 11 is 0. The van der Waals surface area contributed by atoms with Gasteiger partial charge in [0.1, 0.15) is 0 Å². The largest absolute Gasteiger partial charge is 0.260 e. The summed E-state index contributed by atoms with van der Waals surface area (Å²) in [5, 5.41) is 0. The molecular weight excluding hydrogens is 482 g/mol. The maximum absolute atomic E-state index is 5.52. The van der Waals surface area contributed by atoms with Crippen molar-refractivity contribution in [2.24, 2.45) is 17.8 Å². The molecule has 1 nitrogen and oxygen atoms in total. The van der Waals surface area contributed by atoms with Crippen LogP contribution in [0.4, 0.5) is 0 Å². The minimum atomic E-state index is 0.407. The second-order valence-electron chi connectivity index (χ2n) is 11.9. The lowest BCUT2D eigenvalue weighted by Crippen LogP contribution is -2.23. The summed E-state index contributed by atoms with van der Waals surface area (Å²) < 4.78 is 0. The van der Waals surface area contributed by atoms with Gasteiger partial charge in [-0.05, 0) is 109 Å². The number of nitrogens with zero attached hydrogens (tertiary/aromatic N) is 1. The molecule has 0 radical (unpaired) electrons. The Morgan fingerprint density at radius 1 is 1.05 bits per heavy atom. The van der Waals surface area contributed by atoms with E-state index in [-0.39, 0.29) is 0 Å². The summed E-state index contributed by atoms with van der Waals surface area (Å²) in [6.45, 7) is 9.29. The van der Waals surface area contributed by atoms with Crippen molar-refractivity contribution in [1.82, 2.24) is 4.98 Å². The van der Waals surface area contributed by atoms with Gasteiger partial charge in [0.05, 0.1) is 0 Å². The average molecular weight is 526 g/mol. The molecule has 0 aliphatic heterocycles. The van der Waals surface area contributed by atoms with Crippen LogP contribution < -0.4 is 0 Å². The van der Waals surface area contributed by atoms with Crippen LogP contribution in [0.1, 0.15) is 85.4 Å². The number of allylic oxidation sites excluding steroid dienone is 5. The molecule has 2 aliphatic rings. The highest BCUT2D eigenvalue weighted by Gasteiger charge is 2.31. The van der Waals surface area contributed by atoms with E-state index in [1.807, 2.05) is 12.3 Å². The molecule has 2 atom stereocenters. The number of benzene rings is 2. The number of pyridine rings is 1. The number of aromatic nitrogens is 1. The number of rotatable bonds is 10. The zero-order valence-electron chi connectivity index (χ0n) is 24.3. The lowest BCUT2D eigenvalue weighted by Gasteiger charge is -2.36. The number of terminal acetylenes is 1. The van der Waals surface area contributed by atoms with E-state index < -0.39 is 0 Å². The third-order valence-corrected chi connectivity index (χ3v) is 9.07. The quantitative estimate of drug-likeness (QED) is 0.190. The van der Waals surface area contributed by atoms with E-state index in [9.17, 15) is 0 Å². The van der Waals surface area contributed by atoms with E-state index >= 15 is 0 Å². The Balaban J connectivity index is 1.34. The first-order chi connectivity index (χ1) is 19.5. The first kappa shape index (κ1) is 27.9. The van der Waals surface area contributed by atoms with Crippen LogP contribution in [-0.4, -0.2) is 4.98 Å². The molecule has 1 saturated carbocycles. The van der Waals surface area contributed by atoms with Gasteiger partial charge in [0.15, 0.2) is 0 Å². The molecule has 2 aliphatic carbocycles. The van der Waals surface area contributed by atoms with E-state index in [1.54, 1.807) is 0 Å². The van der Waals surface area contributed by atoms with E-state index in [0.717, 1.165) is 31.2 Å². The lowest BCUT2D eigenvalue weighted by atomic mass is 9.69. The van der Waals surface area contributed by atoms with Gasteiger partial charge in [0.2, 0.25) is 0 Å². The van der Waals surface area contributed by atoms with Crippen molar-refractivity contribution in [3.05, 3.63) is 131 Å². The van der Waals surface area contributed by atoms with Crippen molar-refractivity contribution in [2.75, 3.05) is 0 Å². The highest BCUT2D eigenvalue weighted by Crippen LogP contribution is 2.44. The van der Waals surface area contributed by atoms with Crippen molar-refractivity contribution < 1.29 is 0 Å². The molecule has 40 heavy (non-hydrogen) atoms. The van der Waals surface area contributed by atoms with Crippen LogP contribution >= 0.6 is 0 Å². The van der Waals surface area contributed by atoms with E-state index in [0.29, 0.717) is 23.7 Å². The summed E-state index contributed by atoms with van der Waals surface area (Å²) in [7, 11) is 0. The molecule has 1 aromatic heterocycles. The van der Waals surface area contributed by atoms with Crippen LogP contribution in [0.3, 0.4) is 0 Å². The van der Waals surface area contributed by atoms with Crippen molar-refractivity contribution >= 4 is 5.57 Å². The molecular formula is C39H43N. The third-order valence-electron chi connectivity index (χ3n) is 9.07. The standard InChI is InChI=1S/C39H43N/c1-5-30-17-22-37(40-27-30)25-32-15-19-34(20-16-32)39(29(4)13-14-31-10-8-7-9-11-31)36-21-23-38(33(6-2)26-36)35-18-12-28(3)24-35/h1,7-12,17-18,21-24,26-28,32,34,39H,4,6,13-16,19-20,25H2,2-3H3.